The highest BCUT2D eigenvalue weighted by atomic mass is 16.5. The van der Waals surface area contributed by atoms with Gasteiger partial charge in [-0.25, -0.2) is 0 Å². The van der Waals surface area contributed by atoms with Gasteiger partial charge in [-0.3, -0.25) is 4.79 Å². The molecule has 0 bridgehead atoms. The lowest BCUT2D eigenvalue weighted by Crippen LogP contribution is -2.24. The van der Waals surface area contributed by atoms with Crippen LogP contribution < -0.4 is 5.32 Å². The largest absolute Gasteiger partial charge is 0.468 e. The summed E-state index contributed by atoms with van der Waals surface area (Å²) in [5, 5.41) is 2.86. The lowest BCUT2D eigenvalue weighted by atomic mass is 10.1. The Labute approximate surface area is 67.4 Å². The number of hydrogen-bond acceptors (Lipinski definition) is 3. The van der Waals surface area contributed by atoms with Crippen molar-refractivity contribution in [3.8, 4) is 0 Å². The standard InChI is InChI=1S/C8H15NO2/c1-6(2)7(3)9-5-8(10)11-4/h6,9H,3,5H2,1-2,4H3. The zero-order valence-electron chi connectivity index (χ0n) is 7.31. The van der Waals surface area contributed by atoms with Crippen molar-refractivity contribution in [1.82, 2.24) is 5.32 Å². The van der Waals surface area contributed by atoms with Crippen LogP contribution in [0.15, 0.2) is 12.3 Å². The van der Waals surface area contributed by atoms with Crippen LogP contribution in [0.2, 0.25) is 0 Å². The molecule has 0 aromatic carbocycles. The summed E-state index contributed by atoms with van der Waals surface area (Å²) in [4.78, 5) is 10.6. The summed E-state index contributed by atoms with van der Waals surface area (Å²) >= 11 is 0. The van der Waals surface area contributed by atoms with E-state index in [1.807, 2.05) is 13.8 Å². The second-order valence-corrected chi connectivity index (χ2v) is 2.61. The van der Waals surface area contributed by atoms with E-state index in [1.165, 1.54) is 7.11 Å². The van der Waals surface area contributed by atoms with Gasteiger partial charge in [-0.2, -0.15) is 0 Å². The van der Waals surface area contributed by atoms with E-state index in [0.29, 0.717) is 5.92 Å². The van der Waals surface area contributed by atoms with E-state index >= 15 is 0 Å². The number of carbonyl (C=O) groups is 1. The summed E-state index contributed by atoms with van der Waals surface area (Å²) in [5.41, 5.74) is 0.857. The predicted molar refractivity (Wildman–Crippen MR) is 44.0 cm³/mol. The Hall–Kier alpha value is -0.990. The molecule has 0 aliphatic rings. The van der Waals surface area contributed by atoms with E-state index in [-0.39, 0.29) is 12.5 Å². The molecule has 3 nitrogen and oxygen atoms in total. The molecule has 64 valence electrons. The van der Waals surface area contributed by atoms with Crippen molar-refractivity contribution < 1.29 is 9.53 Å². The van der Waals surface area contributed by atoms with Crippen LogP contribution in [0.3, 0.4) is 0 Å². The Kier molecular flexibility index (Phi) is 4.34. The van der Waals surface area contributed by atoms with Crippen LogP contribution in [-0.4, -0.2) is 19.6 Å². The first-order valence-corrected chi connectivity index (χ1v) is 3.57. The molecule has 0 amide bonds. The number of allylic oxidation sites excluding steroid dienone is 1. The molecule has 0 saturated carbocycles. The van der Waals surface area contributed by atoms with Gasteiger partial charge < -0.3 is 10.1 Å². The minimum atomic E-state index is -0.271. The molecule has 0 aromatic rings. The molecule has 0 unspecified atom stereocenters. The molecule has 3 heteroatoms. The van der Waals surface area contributed by atoms with Gasteiger partial charge in [-0.1, -0.05) is 20.4 Å². The molecule has 1 N–H and O–H groups in total. The summed E-state index contributed by atoms with van der Waals surface area (Å²) in [6.07, 6.45) is 0. The molecular formula is C8H15NO2. The maximum atomic E-state index is 10.6. The molecule has 0 aliphatic carbocycles. The van der Waals surface area contributed by atoms with Gasteiger partial charge in [-0.15, -0.1) is 0 Å². The molecular weight excluding hydrogens is 142 g/mol. The van der Waals surface area contributed by atoms with Crippen LogP contribution in [0.4, 0.5) is 0 Å². The molecule has 0 aliphatic heterocycles. The highest BCUT2D eigenvalue weighted by molar-refractivity contribution is 5.71. The summed E-state index contributed by atoms with van der Waals surface area (Å²) < 4.78 is 4.44. The summed E-state index contributed by atoms with van der Waals surface area (Å²) in [6.45, 7) is 7.96. The molecule has 0 radical (unpaired) electrons. The van der Waals surface area contributed by atoms with Gasteiger partial charge in [0.2, 0.25) is 0 Å². The predicted octanol–water partition coefficient (Wildman–Crippen LogP) is 0.919. The first-order valence-electron chi connectivity index (χ1n) is 3.57. The van der Waals surface area contributed by atoms with Crippen molar-refractivity contribution in [1.29, 1.82) is 0 Å². The van der Waals surface area contributed by atoms with E-state index in [4.69, 9.17) is 0 Å². The van der Waals surface area contributed by atoms with Crippen molar-refractivity contribution in [3.63, 3.8) is 0 Å². The Morgan fingerprint density at radius 1 is 1.64 bits per heavy atom. The third-order valence-corrected chi connectivity index (χ3v) is 1.38. The highest BCUT2D eigenvalue weighted by Crippen LogP contribution is 2.00. The summed E-state index contributed by atoms with van der Waals surface area (Å²) in [7, 11) is 1.36. The highest BCUT2D eigenvalue weighted by Gasteiger charge is 2.02. The number of rotatable bonds is 4. The fraction of sp³-hybridized carbons (Fsp3) is 0.625. The first-order chi connectivity index (χ1) is 5.07. The van der Waals surface area contributed by atoms with Crippen molar-refractivity contribution in [2.75, 3.05) is 13.7 Å². The third-order valence-electron chi connectivity index (χ3n) is 1.38. The Morgan fingerprint density at radius 3 is 2.55 bits per heavy atom. The van der Waals surface area contributed by atoms with E-state index in [9.17, 15) is 4.79 Å². The van der Waals surface area contributed by atoms with E-state index in [1.54, 1.807) is 0 Å². The monoisotopic (exact) mass is 157 g/mol. The maximum absolute atomic E-state index is 10.6. The number of nitrogens with one attached hydrogen (secondary N) is 1. The molecule has 0 rings (SSSR count). The average molecular weight is 157 g/mol. The number of ether oxygens (including phenoxy) is 1. The number of hydrogen-bond donors (Lipinski definition) is 1. The fourth-order valence-corrected chi connectivity index (χ4v) is 0.462. The zero-order chi connectivity index (χ0) is 8.85. The van der Waals surface area contributed by atoms with Crippen LogP contribution >= 0.6 is 0 Å². The van der Waals surface area contributed by atoms with Crippen molar-refractivity contribution in [2.45, 2.75) is 13.8 Å². The van der Waals surface area contributed by atoms with Gasteiger partial charge in [0.05, 0.1) is 7.11 Å². The minimum absolute atomic E-state index is 0.202. The quantitative estimate of drug-likeness (QED) is 0.617. The van der Waals surface area contributed by atoms with Gasteiger partial charge in [0.1, 0.15) is 6.54 Å². The third kappa shape index (κ3) is 4.42. The second-order valence-electron chi connectivity index (χ2n) is 2.61. The molecule has 11 heavy (non-hydrogen) atoms. The average Bonchev–Trinajstić information content (AvgIpc) is 1.99. The zero-order valence-corrected chi connectivity index (χ0v) is 7.31. The number of methoxy groups -OCH3 is 1. The molecule has 0 atom stereocenters. The van der Waals surface area contributed by atoms with Crippen LogP contribution in [-0.2, 0) is 9.53 Å². The van der Waals surface area contributed by atoms with Crippen LogP contribution in [0, 0.1) is 5.92 Å². The molecule has 0 aromatic heterocycles. The Balaban J connectivity index is 3.54. The molecule has 0 spiro atoms. The van der Waals surface area contributed by atoms with Gasteiger partial charge in [0.25, 0.3) is 0 Å². The van der Waals surface area contributed by atoms with Crippen molar-refractivity contribution in [2.24, 2.45) is 5.92 Å². The fourth-order valence-electron chi connectivity index (χ4n) is 0.462. The number of carbonyl (C=O) groups excluding carboxylic acids is 1. The minimum Gasteiger partial charge on any atom is -0.468 e. The van der Waals surface area contributed by atoms with Crippen LogP contribution in [0.25, 0.3) is 0 Å². The first kappa shape index (κ1) is 10.0. The lowest BCUT2D eigenvalue weighted by Gasteiger charge is -2.10. The van der Waals surface area contributed by atoms with Gasteiger partial charge in [0, 0.05) is 5.70 Å². The Bertz CT molecular complexity index is 152. The normalized spacial score (nSPS) is 9.45. The summed E-state index contributed by atoms with van der Waals surface area (Å²) in [5.74, 6) is 0.0754. The molecule has 0 saturated heterocycles. The summed E-state index contributed by atoms with van der Waals surface area (Å²) in [6, 6.07) is 0. The Morgan fingerprint density at radius 2 is 2.18 bits per heavy atom. The van der Waals surface area contributed by atoms with E-state index in [2.05, 4.69) is 16.6 Å². The molecule has 0 fully saturated rings. The maximum Gasteiger partial charge on any atom is 0.325 e. The van der Waals surface area contributed by atoms with Gasteiger partial charge in [0.15, 0.2) is 0 Å². The van der Waals surface area contributed by atoms with Crippen LogP contribution in [0.5, 0.6) is 0 Å². The molecule has 0 heterocycles. The topological polar surface area (TPSA) is 38.3 Å². The van der Waals surface area contributed by atoms with Crippen LogP contribution in [0.1, 0.15) is 13.8 Å². The lowest BCUT2D eigenvalue weighted by molar-refractivity contribution is -0.139. The van der Waals surface area contributed by atoms with E-state index in [0.717, 1.165) is 5.70 Å². The van der Waals surface area contributed by atoms with Crippen molar-refractivity contribution >= 4 is 5.97 Å². The van der Waals surface area contributed by atoms with E-state index < -0.39 is 0 Å². The second kappa shape index (κ2) is 4.77. The van der Waals surface area contributed by atoms with Gasteiger partial charge >= 0.3 is 5.97 Å². The van der Waals surface area contributed by atoms with Crippen molar-refractivity contribution in [3.05, 3.63) is 12.3 Å². The smallest absolute Gasteiger partial charge is 0.325 e. The SMILES string of the molecule is C=C(NCC(=O)OC)C(C)C. The van der Waals surface area contributed by atoms with Gasteiger partial charge in [-0.05, 0) is 5.92 Å². The number of esters is 1.